The normalized spacial score (nSPS) is 41.9. The van der Waals surface area contributed by atoms with Crippen LogP contribution in [0.4, 0.5) is 0 Å². The van der Waals surface area contributed by atoms with Crippen LogP contribution in [0.2, 0.25) is 0 Å². The van der Waals surface area contributed by atoms with Gasteiger partial charge in [0.05, 0.1) is 13.0 Å². The standard InChI is InChI=1S/C21H24O7/c1-20(8-7-11-9-16(22)28-17(11)23)13-10-15(27-19(13)25)21(2)12(18(24)26-3)5-4-6-14(20)21/h5,7-9,13-15,17,23H,4,6,10H2,1-3H3/b8-7+/t13-,14-,15-,17?,20+,21-/m0/s1. The Morgan fingerprint density at radius 1 is 1.32 bits per heavy atom. The Morgan fingerprint density at radius 2 is 2.07 bits per heavy atom. The highest BCUT2D eigenvalue weighted by molar-refractivity contribution is 5.91. The lowest BCUT2D eigenvalue weighted by Crippen LogP contribution is -2.55. The van der Waals surface area contributed by atoms with E-state index in [1.54, 1.807) is 6.08 Å². The van der Waals surface area contributed by atoms with Crippen molar-refractivity contribution in [3.05, 3.63) is 35.5 Å². The average Bonchev–Trinajstić information content (AvgIpc) is 3.19. The van der Waals surface area contributed by atoms with Crippen LogP contribution in [0.25, 0.3) is 0 Å². The number of rotatable bonds is 3. The number of methoxy groups -OCH3 is 1. The van der Waals surface area contributed by atoms with Crippen LogP contribution in [0.3, 0.4) is 0 Å². The van der Waals surface area contributed by atoms with E-state index in [1.807, 2.05) is 26.0 Å². The van der Waals surface area contributed by atoms with Gasteiger partial charge >= 0.3 is 17.9 Å². The van der Waals surface area contributed by atoms with Gasteiger partial charge in [-0.1, -0.05) is 32.1 Å². The Morgan fingerprint density at radius 3 is 2.71 bits per heavy atom. The second kappa shape index (κ2) is 6.30. The molecule has 7 heteroatoms. The van der Waals surface area contributed by atoms with E-state index in [2.05, 4.69) is 0 Å². The Kier molecular flexibility index (Phi) is 4.26. The van der Waals surface area contributed by atoms with Crippen molar-refractivity contribution in [2.75, 3.05) is 7.11 Å². The summed E-state index contributed by atoms with van der Waals surface area (Å²) >= 11 is 0. The first-order valence-electron chi connectivity index (χ1n) is 9.50. The highest BCUT2D eigenvalue weighted by Gasteiger charge is 2.66. The highest BCUT2D eigenvalue weighted by Crippen LogP contribution is 2.64. The number of hydrogen-bond acceptors (Lipinski definition) is 7. The van der Waals surface area contributed by atoms with Gasteiger partial charge in [0.1, 0.15) is 6.10 Å². The van der Waals surface area contributed by atoms with Gasteiger partial charge in [-0.3, -0.25) is 4.79 Å². The third kappa shape index (κ3) is 2.49. The summed E-state index contributed by atoms with van der Waals surface area (Å²) in [7, 11) is 1.35. The SMILES string of the molecule is COC(=O)C1=CCC[C@H]2[C@](C)(/C=C/C3=CC(=O)OC3O)[C@H]3C[C@H](OC3=O)[C@@]12C. The lowest BCUT2D eigenvalue weighted by atomic mass is 9.47. The van der Waals surface area contributed by atoms with Crippen molar-refractivity contribution in [2.24, 2.45) is 22.7 Å². The molecule has 0 aromatic rings. The molecule has 2 heterocycles. The van der Waals surface area contributed by atoms with Gasteiger partial charge in [0.2, 0.25) is 6.29 Å². The first kappa shape index (κ1) is 18.9. The monoisotopic (exact) mass is 388 g/mol. The van der Waals surface area contributed by atoms with Crippen molar-refractivity contribution in [1.29, 1.82) is 0 Å². The van der Waals surface area contributed by atoms with Gasteiger partial charge in [0, 0.05) is 28.1 Å². The van der Waals surface area contributed by atoms with E-state index in [4.69, 9.17) is 14.2 Å². The fourth-order valence-electron chi connectivity index (χ4n) is 5.63. The van der Waals surface area contributed by atoms with Crippen molar-refractivity contribution in [2.45, 2.75) is 45.5 Å². The topological polar surface area (TPSA) is 99.1 Å². The molecule has 28 heavy (non-hydrogen) atoms. The van der Waals surface area contributed by atoms with Gasteiger partial charge in [0.15, 0.2) is 0 Å². The van der Waals surface area contributed by atoms with Gasteiger partial charge in [0.25, 0.3) is 0 Å². The first-order valence-corrected chi connectivity index (χ1v) is 9.50. The van der Waals surface area contributed by atoms with Crippen LogP contribution in [-0.2, 0) is 28.6 Å². The third-order valence-electron chi connectivity index (χ3n) is 7.11. The van der Waals surface area contributed by atoms with Gasteiger partial charge in [-0.05, 0) is 25.2 Å². The first-order chi connectivity index (χ1) is 13.2. The average molecular weight is 388 g/mol. The lowest BCUT2D eigenvalue weighted by Gasteiger charge is -2.54. The molecule has 2 aliphatic carbocycles. The van der Waals surface area contributed by atoms with Crippen LogP contribution in [0.5, 0.6) is 0 Å². The van der Waals surface area contributed by atoms with E-state index in [0.717, 1.165) is 6.42 Å². The molecule has 0 spiro atoms. The van der Waals surface area contributed by atoms with Gasteiger partial charge in [-0.15, -0.1) is 0 Å². The van der Waals surface area contributed by atoms with E-state index < -0.39 is 29.1 Å². The summed E-state index contributed by atoms with van der Waals surface area (Å²) in [6.07, 6.45) is 6.99. The minimum absolute atomic E-state index is 0.0404. The number of cyclic esters (lactones) is 1. The predicted molar refractivity (Wildman–Crippen MR) is 96.3 cm³/mol. The predicted octanol–water partition coefficient (Wildman–Crippen LogP) is 1.81. The number of esters is 3. The molecule has 1 saturated carbocycles. The van der Waals surface area contributed by atoms with Gasteiger partial charge < -0.3 is 19.3 Å². The van der Waals surface area contributed by atoms with Crippen LogP contribution in [0.1, 0.15) is 33.1 Å². The van der Waals surface area contributed by atoms with E-state index in [0.29, 0.717) is 24.0 Å². The number of aliphatic hydroxyl groups is 1. The van der Waals surface area contributed by atoms with Crippen LogP contribution in [0, 0.1) is 22.7 Å². The number of carbonyl (C=O) groups is 3. The Balaban J connectivity index is 1.78. The molecule has 1 saturated heterocycles. The summed E-state index contributed by atoms with van der Waals surface area (Å²) in [5.41, 5.74) is -0.371. The molecule has 1 N–H and O–H groups in total. The molecule has 2 fully saturated rings. The van der Waals surface area contributed by atoms with Gasteiger partial charge in [-0.25, -0.2) is 9.59 Å². The largest absolute Gasteiger partial charge is 0.466 e. The summed E-state index contributed by atoms with van der Waals surface area (Å²) in [5.74, 6) is -1.65. The fraction of sp³-hybridized carbons (Fsp3) is 0.571. The number of aliphatic hydroxyl groups excluding tert-OH is 1. The van der Waals surface area contributed by atoms with Crippen molar-refractivity contribution in [3.8, 4) is 0 Å². The molecule has 150 valence electrons. The Labute approximate surface area is 163 Å². The molecule has 1 unspecified atom stereocenters. The molecule has 0 radical (unpaired) electrons. The van der Waals surface area contributed by atoms with Crippen molar-refractivity contribution >= 4 is 17.9 Å². The summed E-state index contributed by atoms with van der Waals surface area (Å²) in [6, 6.07) is 0. The van der Waals surface area contributed by atoms with Crippen LogP contribution >= 0.6 is 0 Å². The van der Waals surface area contributed by atoms with E-state index in [9.17, 15) is 19.5 Å². The summed E-state index contributed by atoms with van der Waals surface area (Å²) < 4.78 is 15.5. The maximum absolute atomic E-state index is 12.7. The van der Waals surface area contributed by atoms with E-state index in [1.165, 1.54) is 13.2 Å². The maximum Gasteiger partial charge on any atom is 0.334 e. The zero-order valence-electron chi connectivity index (χ0n) is 16.1. The minimum Gasteiger partial charge on any atom is -0.466 e. The minimum atomic E-state index is -1.30. The van der Waals surface area contributed by atoms with Gasteiger partial charge in [-0.2, -0.15) is 0 Å². The van der Waals surface area contributed by atoms with Crippen molar-refractivity contribution in [1.82, 2.24) is 0 Å². The third-order valence-corrected chi connectivity index (χ3v) is 7.11. The molecule has 4 rings (SSSR count). The lowest BCUT2D eigenvalue weighted by molar-refractivity contribution is -0.151. The number of fused-ring (bicyclic) bond motifs is 4. The molecule has 2 aliphatic heterocycles. The Hall–Kier alpha value is -2.41. The summed E-state index contributed by atoms with van der Waals surface area (Å²) in [5, 5.41) is 9.86. The fourth-order valence-corrected chi connectivity index (χ4v) is 5.63. The summed E-state index contributed by atoms with van der Waals surface area (Å²) in [6.45, 7) is 3.96. The number of hydrogen-bond donors (Lipinski definition) is 1. The quantitative estimate of drug-likeness (QED) is 0.581. The molecule has 4 aliphatic rings. The van der Waals surface area contributed by atoms with Crippen molar-refractivity contribution < 1.29 is 33.7 Å². The number of carbonyl (C=O) groups excluding carboxylic acids is 3. The zero-order valence-corrected chi connectivity index (χ0v) is 16.1. The second-order valence-electron chi connectivity index (χ2n) is 8.37. The van der Waals surface area contributed by atoms with E-state index in [-0.39, 0.29) is 23.9 Å². The smallest absolute Gasteiger partial charge is 0.334 e. The molecular formula is C21H24O7. The molecule has 6 atom stereocenters. The number of ether oxygens (including phenoxy) is 3. The molecule has 0 aromatic carbocycles. The Bertz CT molecular complexity index is 838. The second-order valence-corrected chi connectivity index (χ2v) is 8.37. The highest BCUT2D eigenvalue weighted by atomic mass is 16.6. The van der Waals surface area contributed by atoms with Crippen LogP contribution < -0.4 is 0 Å². The maximum atomic E-state index is 12.7. The summed E-state index contributed by atoms with van der Waals surface area (Å²) in [4.78, 5) is 36.6. The molecule has 7 nitrogen and oxygen atoms in total. The molecule has 0 amide bonds. The van der Waals surface area contributed by atoms with Crippen LogP contribution in [0.15, 0.2) is 35.5 Å². The zero-order chi connectivity index (χ0) is 20.3. The molecule has 2 bridgehead atoms. The van der Waals surface area contributed by atoms with Crippen LogP contribution in [-0.4, -0.2) is 42.5 Å². The number of allylic oxidation sites excluding steroid dienone is 2. The molecule has 0 aromatic heterocycles. The van der Waals surface area contributed by atoms with Crippen molar-refractivity contribution in [3.63, 3.8) is 0 Å². The van der Waals surface area contributed by atoms with E-state index >= 15 is 0 Å². The molecular weight excluding hydrogens is 364 g/mol.